The molecule has 0 radical (unpaired) electrons. The monoisotopic (exact) mass is 337 g/mol. The Balaban J connectivity index is 0.00000264. The Morgan fingerprint density at radius 1 is 1.13 bits per heavy atom. The van der Waals surface area contributed by atoms with Crippen molar-refractivity contribution in [2.24, 2.45) is 0 Å². The number of esters is 1. The second-order valence-electron chi connectivity index (χ2n) is 5.38. The molecule has 1 unspecified atom stereocenters. The van der Waals surface area contributed by atoms with Crippen LogP contribution in [0.3, 0.4) is 0 Å². The van der Waals surface area contributed by atoms with Crippen LogP contribution >= 0.6 is 12.4 Å². The van der Waals surface area contributed by atoms with Crippen molar-refractivity contribution in [2.75, 3.05) is 13.6 Å². The zero-order valence-electron chi connectivity index (χ0n) is 13.2. The molecule has 0 aromatic heterocycles. The maximum absolute atomic E-state index is 13.5. The summed E-state index contributed by atoms with van der Waals surface area (Å²) in [5, 5.41) is 0. The number of benzene rings is 2. The predicted molar refractivity (Wildman–Crippen MR) is 91.3 cm³/mol. The molecule has 0 N–H and O–H groups in total. The molecule has 0 aliphatic carbocycles. The summed E-state index contributed by atoms with van der Waals surface area (Å²) in [7, 11) is 1.96. The largest absolute Gasteiger partial charge is 0.458 e. The van der Waals surface area contributed by atoms with Crippen LogP contribution in [0.4, 0.5) is 4.39 Å². The number of nitrogens with zero attached hydrogens (tertiary/aromatic N) is 1. The number of carbonyl (C=O) groups is 1. The summed E-state index contributed by atoms with van der Waals surface area (Å²) in [5.41, 5.74) is 1.16. The maximum Gasteiger partial charge on any atom is 0.341 e. The highest BCUT2D eigenvalue weighted by molar-refractivity contribution is 5.89. The molecule has 124 valence electrons. The van der Waals surface area contributed by atoms with Crippen molar-refractivity contribution in [2.45, 2.75) is 19.6 Å². The van der Waals surface area contributed by atoms with Gasteiger partial charge in [0.1, 0.15) is 11.9 Å². The maximum atomic E-state index is 13.5. The van der Waals surface area contributed by atoms with E-state index in [0.717, 1.165) is 6.54 Å². The third kappa shape index (κ3) is 6.00. The fourth-order valence-electron chi connectivity index (χ4n) is 2.31. The lowest BCUT2D eigenvalue weighted by atomic mass is 10.2. The second kappa shape index (κ2) is 9.28. The summed E-state index contributed by atoms with van der Waals surface area (Å²) in [6.45, 7) is 3.15. The Morgan fingerprint density at radius 3 is 2.39 bits per heavy atom. The summed E-state index contributed by atoms with van der Waals surface area (Å²) >= 11 is 0. The number of hydrogen-bond donors (Lipinski definition) is 0. The van der Waals surface area contributed by atoms with E-state index < -0.39 is 11.8 Å². The van der Waals surface area contributed by atoms with Crippen LogP contribution in [0.2, 0.25) is 0 Å². The molecule has 0 heterocycles. The molecule has 0 aliphatic heterocycles. The smallest absolute Gasteiger partial charge is 0.341 e. The van der Waals surface area contributed by atoms with Gasteiger partial charge in [-0.15, -0.1) is 12.4 Å². The van der Waals surface area contributed by atoms with Gasteiger partial charge in [0, 0.05) is 13.1 Å². The molecule has 0 bridgehead atoms. The highest BCUT2D eigenvalue weighted by Gasteiger charge is 2.16. The minimum absolute atomic E-state index is 0. The van der Waals surface area contributed by atoms with Crippen LogP contribution < -0.4 is 0 Å². The van der Waals surface area contributed by atoms with E-state index >= 15 is 0 Å². The number of halogens is 2. The number of ether oxygens (including phenoxy) is 1. The first kappa shape index (κ1) is 19.1. The Hall–Kier alpha value is -1.91. The Bertz CT molecular complexity index is 621. The van der Waals surface area contributed by atoms with Crippen molar-refractivity contribution in [3.63, 3.8) is 0 Å². The van der Waals surface area contributed by atoms with Crippen LogP contribution in [-0.4, -0.2) is 30.6 Å². The van der Waals surface area contributed by atoms with Gasteiger partial charge in [-0.05, 0) is 31.7 Å². The van der Waals surface area contributed by atoms with Gasteiger partial charge in [0.25, 0.3) is 0 Å². The van der Waals surface area contributed by atoms with E-state index in [1.807, 2.05) is 37.4 Å². The number of carbonyl (C=O) groups excluding carboxylic acids is 1. The van der Waals surface area contributed by atoms with E-state index in [-0.39, 0.29) is 24.1 Å². The van der Waals surface area contributed by atoms with E-state index in [1.54, 1.807) is 19.1 Å². The van der Waals surface area contributed by atoms with Crippen molar-refractivity contribution in [1.29, 1.82) is 0 Å². The molecule has 5 heteroatoms. The molecule has 0 aliphatic rings. The van der Waals surface area contributed by atoms with Crippen molar-refractivity contribution in [3.05, 3.63) is 71.5 Å². The van der Waals surface area contributed by atoms with E-state index in [4.69, 9.17) is 4.74 Å². The summed E-state index contributed by atoms with van der Waals surface area (Å²) in [4.78, 5) is 14.0. The van der Waals surface area contributed by atoms with Gasteiger partial charge in [-0.3, -0.25) is 4.90 Å². The molecule has 3 nitrogen and oxygen atoms in total. The van der Waals surface area contributed by atoms with E-state index in [1.165, 1.54) is 17.7 Å². The average molecular weight is 338 g/mol. The highest BCUT2D eigenvalue weighted by atomic mass is 35.5. The predicted octanol–water partition coefficient (Wildman–Crippen LogP) is 3.92. The summed E-state index contributed by atoms with van der Waals surface area (Å²) in [6.07, 6.45) is -0.319. The first-order valence-corrected chi connectivity index (χ1v) is 7.24. The lowest BCUT2D eigenvalue weighted by Gasteiger charge is -2.21. The molecular formula is C18H21ClFNO2. The Labute approximate surface area is 142 Å². The summed E-state index contributed by atoms with van der Waals surface area (Å²) < 4.78 is 18.8. The first-order valence-electron chi connectivity index (χ1n) is 7.24. The molecule has 2 aromatic carbocycles. The van der Waals surface area contributed by atoms with E-state index in [0.29, 0.717) is 6.54 Å². The fraction of sp³-hybridized carbons (Fsp3) is 0.278. The van der Waals surface area contributed by atoms with Crippen LogP contribution in [0.1, 0.15) is 22.8 Å². The average Bonchev–Trinajstić information content (AvgIpc) is 2.48. The molecule has 0 spiro atoms. The van der Waals surface area contributed by atoms with Gasteiger partial charge in [0.05, 0.1) is 5.56 Å². The number of likely N-dealkylation sites (N-methyl/N-ethyl adjacent to an activating group) is 1. The lowest BCUT2D eigenvalue weighted by Crippen LogP contribution is -2.30. The molecule has 1 atom stereocenters. The molecule has 2 aromatic rings. The van der Waals surface area contributed by atoms with Crippen LogP contribution in [0.5, 0.6) is 0 Å². The van der Waals surface area contributed by atoms with Crippen LogP contribution in [0.15, 0.2) is 54.6 Å². The standard InChI is InChI=1S/C18H20FNO2.ClH/c1-14(12-20(2)13-15-8-4-3-5-9-15)22-18(21)16-10-6-7-11-17(16)19;/h3-11,14H,12-13H2,1-2H3;1H. The zero-order chi connectivity index (χ0) is 15.9. The molecule has 2 rings (SSSR count). The van der Waals surface area contributed by atoms with Gasteiger partial charge in [0.2, 0.25) is 0 Å². The fourth-order valence-corrected chi connectivity index (χ4v) is 2.31. The van der Waals surface area contributed by atoms with E-state index in [2.05, 4.69) is 4.90 Å². The normalized spacial score (nSPS) is 11.7. The van der Waals surface area contributed by atoms with Gasteiger partial charge >= 0.3 is 5.97 Å². The van der Waals surface area contributed by atoms with Gasteiger partial charge in [-0.2, -0.15) is 0 Å². The van der Waals surface area contributed by atoms with Gasteiger partial charge in [-0.25, -0.2) is 9.18 Å². The third-order valence-corrected chi connectivity index (χ3v) is 3.27. The van der Waals surface area contributed by atoms with Gasteiger partial charge in [0.15, 0.2) is 0 Å². The molecule has 0 fully saturated rings. The number of rotatable bonds is 6. The SMILES string of the molecule is CC(CN(C)Cc1ccccc1)OC(=O)c1ccccc1F.Cl. The highest BCUT2D eigenvalue weighted by Crippen LogP contribution is 2.10. The van der Waals surface area contributed by atoms with Crippen molar-refractivity contribution in [3.8, 4) is 0 Å². The van der Waals surface area contributed by atoms with Crippen molar-refractivity contribution >= 4 is 18.4 Å². The number of hydrogen-bond acceptors (Lipinski definition) is 3. The molecule has 23 heavy (non-hydrogen) atoms. The minimum Gasteiger partial charge on any atom is -0.458 e. The molecule has 0 saturated carbocycles. The van der Waals surface area contributed by atoms with Crippen LogP contribution in [0, 0.1) is 5.82 Å². The minimum atomic E-state index is -0.626. The lowest BCUT2D eigenvalue weighted by molar-refractivity contribution is 0.0263. The third-order valence-electron chi connectivity index (χ3n) is 3.27. The van der Waals surface area contributed by atoms with Crippen LogP contribution in [0.25, 0.3) is 0 Å². The molecule has 0 amide bonds. The Kier molecular flexibility index (Phi) is 7.72. The zero-order valence-corrected chi connectivity index (χ0v) is 14.1. The quantitative estimate of drug-likeness (QED) is 0.748. The Morgan fingerprint density at radius 2 is 1.74 bits per heavy atom. The van der Waals surface area contributed by atoms with E-state index in [9.17, 15) is 9.18 Å². The van der Waals surface area contributed by atoms with Gasteiger partial charge in [-0.1, -0.05) is 42.5 Å². The van der Waals surface area contributed by atoms with Crippen molar-refractivity contribution < 1.29 is 13.9 Å². The summed E-state index contributed by atoms with van der Waals surface area (Å²) in [6, 6.07) is 15.9. The summed E-state index contributed by atoms with van der Waals surface area (Å²) in [5.74, 6) is -1.18. The molecular weight excluding hydrogens is 317 g/mol. The van der Waals surface area contributed by atoms with Gasteiger partial charge < -0.3 is 4.74 Å². The second-order valence-corrected chi connectivity index (χ2v) is 5.38. The molecule has 0 saturated heterocycles. The van der Waals surface area contributed by atoms with Crippen molar-refractivity contribution in [1.82, 2.24) is 4.90 Å². The van der Waals surface area contributed by atoms with Crippen LogP contribution in [-0.2, 0) is 11.3 Å². The topological polar surface area (TPSA) is 29.5 Å². The first-order chi connectivity index (χ1) is 10.6.